The molecule has 1 aromatic heterocycles. The van der Waals surface area contributed by atoms with E-state index in [9.17, 15) is 4.79 Å². The third-order valence-electron chi connectivity index (χ3n) is 3.85. The second-order valence-corrected chi connectivity index (χ2v) is 5.51. The zero-order chi connectivity index (χ0) is 13.8. The predicted octanol–water partition coefficient (Wildman–Crippen LogP) is 1.41. The maximum Gasteiger partial charge on any atom is 0.257 e. The van der Waals surface area contributed by atoms with Crippen molar-refractivity contribution in [3.05, 3.63) is 17.5 Å². The zero-order valence-corrected chi connectivity index (χ0v) is 11.9. The van der Waals surface area contributed by atoms with E-state index in [1.165, 1.54) is 6.42 Å². The van der Waals surface area contributed by atoms with Gasteiger partial charge >= 0.3 is 0 Å². The number of rotatable bonds is 4. The first-order chi connectivity index (χ1) is 9.13. The van der Waals surface area contributed by atoms with Gasteiger partial charge in [-0.1, -0.05) is 6.92 Å². The molecule has 2 N–H and O–H groups in total. The summed E-state index contributed by atoms with van der Waals surface area (Å²) in [5.41, 5.74) is 7.21. The van der Waals surface area contributed by atoms with Crippen LogP contribution in [0.25, 0.3) is 0 Å². The highest BCUT2D eigenvalue weighted by atomic mass is 16.2. The molecule has 0 radical (unpaired) electrons. The van der Waals surface area contributed by atoms with Gasteiger partial charge in [0.25, 0.3) is 5.91 Å². The van der Waals surface area contributed by atoms with E-state index < -0.39 is 0 Å². The van der Waals surface area contributed by atoms with Crippen LogP contribution in [0.3, 0.4) is 0 Å². The Bertz CT molecular complexity index is 441. The van der Waals surface area contributed by atoms with E-state index in [0.29, 0.717) is 12.5 Å². The smallest absolute Gasteiger partial charge is 0.257 e. The maximum atomic E-state index is 12.5. The van der Waals surface area contributed by atoms with Crippen LogP contribution in [-0.2, 0) is 6.54 Å². The van der Waals surface area contributed by atoms with Crippen LogP contribution >= 0.6 is 0 Å². The summed E-state index contributed by atoms with van der Waals surface area (Å²) in [4.78, 5) is 14.5. The lowest BCUT2D eigenvalue weighted by molar-refractivity contribution is 0.0682. The molecular weight excluding hydrogens is 240 g/mol. The highest BCUT2D eigenvalue weighted by Gasteiger charge is 2.24. The highest BCUT2D eigenvalue weighted by molar-refractivity contribution is 5.95. The number of aryl methyl sites for hydroxylation is 1. The van der Waals surface area contributed by atoms with E-state index in [0.717, 1.165) is 43.7 Å². The molecule has 2 heterocycles. The monoisotopic (exact) mass is 264 g/mol. The van der Waals surface area contributed by atoms with Crippen LogP contribution in [0.1, 0.15) is 42.2 Å². The van der Waals surface area contributed by atoms with Crippen LogP contribution in [0, 0.1) is 12.8 Å². The highest BCUT2D eigenvalue weighted by Crippen LogP contribution is 2.19. The van der Waals surface area contributed by atoms with Gasteiger partial charge in [-0.15, -0.1) is 0 Å². The molecule has 1 aliphatic heterocycles. The van der Waals surface area contributed by atoms with E-state index in [2.05, 4.69) is 12.0 Å². The van der Waals surface area contributed by atoms with Crippen LogP contribution in [0.4, 0.5) is 0 Å². The molecule has 1 aliphatic rings. The summed E-state index contributed by atoms with van der Waals surface area (Å²) in [6.07, 6.45) is 4.91. The van der Waals surface area contributed by atoms with Gasteiger partial charge < -0.3 is 10.6 Å². The SMILES string of the molecule is Cc1c(C(=O)N2CCCC(C)C2)cnn1CCCN. The third kappa shape index (κ3) is 3.15. The molecule has 1 atom stereocenters. The predicted molar refractivity (Wildman–Crippen MR) is 74.9 cm³/mol. The Morgan fingerprint density at radius 2 is 2.37 bits per heavy atom. The number of amides is 1. The molecule has 0 spiro atoms. The summed E-state index contributed by atoms with van der Waals surface area (Å²) in [6, 6.07) is 0. The average molecular weight is 264 g/mol. The third-order valence-corrected chi connectivity index (χ3v) is 3.85. The van der Waals surface area contributed by atoms with Crippen LogP contribution in [-0.4, -0.2) is 40.2 Å². The number of carbonyl (C=O) groups excluding carboxylic acids is 1. The van der Waals surface area contributed by atoms with Crippen molar-refractivity contribution in [1.82, 2.24) is 14.7 Å². The molecule has 1 unspecified atom stereocenters. The fraction of sp³-hybridized carbons (Fsp3) is 0.714. The Morgan fingerprint density at radius 1 is 1.58 bits per heavy atom. The number of hydrogen-bond acceptors (Lipinski definition) is 3. The zero-order valence-electron chi connectivity index (χ0n) is 11.9. The second-order valence-electron chi connectivity index (χ2n) is 5.51. The number of nitrogens with two attached hydrogens (primary N) is 1. The normalized spacial score (nSPS) is 19.7. The fourth-order valence-corrected chi connectivity index (χ4v) is 2.67. The van der Waals surface area contributed by atoms with Crippen molar-refractivity contribution in [2.75, 3.05) is 19.6 Å². The lowest BCUT2D eigenvalue weighted by atomic mass is 9.99. The first-order valence-corrected chi connectivity index (χ1v) is 7.15. The molecule has 1 fully saturated rings. The molecule has 0 aliphatic carbocycles. The van der Waals surface area contributed by atoms with E-state index in [1.54, 1.807) is 6.20 Å². The lowest BCUT2D eigenvalue weighted by Crippen LogP contribution is -2.39. The van der Waals surface area contributed by atoms with Crippen LogP contribution in [0.2, 0.25) is 0 Å². The first kappa shape index (κ1) is 14.1. The molecule has 2 rings (SSSR count). The van der Waals surface area contributed by atoms with Crippen molar-refractivity contribution in [1.29, 1.82) is 0 Å². The van der Waals surface area contributed by atoms with Gasteiger partial charge in [0, 0.05) is 25.3 Å². The average Bonchev–Trinajstić information content (AvgIpc) is 2.77. The summed E-state index contributed by atoms with van der Waals surface area (Å²) < 4.78 is 1.88. The molecule has 5 nitrogen and oxygen atoms in total. The molecule has 0 saturated carbocycles. The van der Waals surface area contributed by atoms with E-state index in [1.807, 2.05) is 16.5 Å². The van der Waals surface area contributed by atoms with Gasteiger partial charge in [0.15, 0.2) is 0 Å². The van der Waals surface area contributed by atoms with E-state index in [4.69, 9.17) is 5.73 Å². The minimum Gasteiger partial charge on any atom is -0.338 e. The Balaban J connectivity index is 2.08. The topological polar surface area (TPSA) is 64.2 Å². The van der Waals surface area contributed by atoms with E-state index in [-0.39, 0.29) is 5.91 Å². The molecule has 106 valence electrons. The van der Waals surface area contributed by atoms with Crippen molar-refractivity contribution in [2.45, 2.75) is 39.7 Å². The molecule has 1 amide bonds. The molecule has 19 heavy (non-hydrogen) atoms. The fourth-order valence-electron chi connectivity index (χ4n) is 2.67. The van der Waals surface area contributed by atoms with Crippen molar-refractivity contribution < 1.29 is 4.79 Å². The van der Waals surface area contributed by atoms with E-state index >= 15 is 0 Å². The Labute approximate surface area is 114 Å². The Kier molecular flexibility index (Phi) is 4.58. The summed E-state index contributed by atoms with van der Waals surface area (Å²) in [6.45, 7) is 7.34. The van der Waals surface area contributed by atoms with Gasteiger partial charge in [-0.05, 0) is 38.6 Å². The first-order valence-electron chi connectivity index (χ1n) is 7.15. The van der Waals surface area contributed by atoms with Gasteiger partial charge in [-0.2, -0.15) is 5.10 Å². The van der Waals surface area contributed by atoms with Gasteiger partial charge in [0.1, 0.15) is 0 Å². The van der Waals surface area contributed by atoms with Crippen LogP contribution in [0.15, 0.2) is 6.20 Å². The van der Waals surface area contributed by atoms with Gasteiger partial charge in [-0.3, -0.25) is 9.48 Å². The molecule has 5 heteroatoms. The van der Waals surface area contributed by atoms with Crippen molar-refractivity contribution in [2.24, 2.45) is 11.7 Å². The number of piperidine rings is 1. The van der Waals surface area contributed by atoms with Crippen LogP contribution in [0.5, 0.6) is 0 Å². The quantitative estimate of drug-likeness (QED) is 0.894. The van der Waals surface area contributed by atoms with Crippen molar-refractivity contribution in [3.8, 4) is 0 Å². The minimum absolute atomic E-state index is 0.128. The Morgan fingerprint density at radius 3 is 3.05 bits per heavy atom. The van der Waals surface area contributed by atoms with Crippen molar-refractivity contribution in [3.63, 3.8) is 0 Å². The van der Waals surface area contributed by atoms with Gasteiger partial charge in [-0.25, -0.2) is 0 Å². The maximum absolute atomic E-state index is 12.5. The summed E-state index contributed by atoms with van der Waals surface area (Å²) in [7, 11) is 0. The number of likely N-dealkylation sites (tertiary alicyclic amines) is 1. The molecular formula is C14H24N4O. The van der Waals surface area contributed by atoms with Gasteiger partial charge in [0.2, 0.25) is 0 Å². The lowest BCUT2D eigenvalue weighted by Gasteiger charge is -2.30. The number of nitrogens with zero attached hydrogens (tertiary/aromatic N) is 3. The standard InChI is InChI=1S/C14H24N4O/c1-11-5-3-7-17(10-11)14(19)13-9-16-18(12(13)2)8-4-6-15/h9,11H,3-8,10,15H2,1-2H3. The van der Waals surface area contributed by atoms with Crippen LogP contribution < -0.4 is 5.73 Å². The molecule has 0 aromatic carbocycles. The largest absolute Gasteiger partial charge is 0.338 e. The number of hydrogen-bond donors (Lipinski definition) is 1. The second kappa shape index (κ2) is 6.19. The molecule has 1 saturated heterocycles. The Hall–Kier alpha value is -1.36. The number of carbonyl (C=O) groups is 1. The summed E-state index contributed by atoms with van der Waals surface area (Å²) in [5.74, 6) is 0.730. The minimum atomic E-state index is 0.128. The van der Waals surface area contributed by atoms with Gasteiger partial charge in [0.05, 0.1) is 11.8 Å². The summed E-state index contributed by atoms with van der Waals surface area (Å²) >= 11 is 0. The molecule has 0 bridgehead atoms. The number of aromatic nitrogens is 2. The van der Waals surface area contributed by atoms with Crippen molar-refractivity contribution >= 4 is 5.91 Å². The summed E-state index contributed by atoms with van der Waals surface area (Å²) in [5, 5.41) is 4.30. The molecule has 1 aromatic rings.